The molecule has 230 valence electrons. The van der Waals surface area contributed by atoms with Gasteiger partial charge in [0.1, 0.15) is 5.54 Å². The van der Waals surface area contributed by atoms with E-state index in [0.29, 0.717) is 39.3 Å². The number of aliphatic imine (C=N–C) groups is 1. The zero-order valence-corrected chi connectivity index (χ0v) is 27.5. The standard InChI is InChI=1S/C30H35ClFN5O4S2/c1-8-21-24(19-12-10-18(11-13-19)23-16(3)17(4)25(41-36-23)29(5,32)9-2)40-27(34-21)22-14-20(31)26(42-22)30(6)15-43(38,39)37(7)28(33)35-30/h10-14,16H,8-9,15H2,1-7H3,(H2,33,35). The van der Waals surface area contributed by atoms with Crippen molar-refractivity contribution >= 4 is 44.6 Å². The highest BCUT2D eigenvalue weighted by Crippen LogP contribution is 2.45. The molecule has 3 aromatic rings. The van der Waals surface area contributed by atoms with E-state index in [0.717, 1.165) is 32.4 Å². The maximum atomic E-state index is 15.0. The van der Waals surface area contributed by atoms with Gasteiger partial charge in [-0.05, 0) is 50.8 Å². The Balaban J connectivity index is 1.44. The van der Waals surface area contributed by atoms with Crippen LogP contribution in [0.4, 0.5) is 4.39 Å². The number of guanidine groups is 1. The number of hydrogen-bond donors (Lipinski definition) is 1. The Kier molecular flexibility index (Phi) is 8.02. The summed E-state index contributed by atoms with van der Waals surface area (Å²) in [6.45, 7) is 10.9. The highest BCUT2D eigenvalue weighted by molar-refractivity contribution is 7.89. The largest absolute Gasteiger partial charge is 0.435 e. The lowest BCUT2D eigenvalue weighted by atomic mass is 9.86. The second kappa shape index (κ2) is 11.0. The lowest BCUT2D eigenvalue weighted by molar-refractivity contribution is 0.0895. The van der Waals surface area contributed by atoms with E-state index in [-0.39, 0.29) is 23.4 Å². The molecule has 2 N–H and O–H groups in total. The van der Waals surface area contributed by atoms with Crippen molar-refractivity contribution in [2.24, 2.45) is 21.8 Å². The van der Waals surface area contributed by atoms with Crippen LogP contribution in [0.5, 0.6) is 0 Å². The van der Waals surface area contributed by atoms with E-state index < -0.39 is 21.2 Å². The molecule has 3 atom stereocenters. The van der Waals surface area contributed by atoms with Crippen molar-refractivity contribution in [1.29, 1.82) is 0 Å². The average molecular weight is 648 g/mol. The lowest BCUT2D eigenvalue weighted by Gasteiger charge is -2.33. The molecule has 43 heavy (non-hydrogen) atoms. The minimum atomic E-state index is -3.66. The highest BCUT2D eigenvalue weighted by Gasteiger charge is 2.43. The molecule has 13 heteroatoms. The van der Waals surface area contributed by atoms with E-state index in [2.05, 4.69) is 10.1 Å². The number of hydrogen-bond acceptors (Lipinski definition) is 9. The summed E-state index contributed by atoms with van der Waals surface area (Å²) in [6.07, 6.45) is 0.921. The molecule has 0 amide bonds. The van der Waals surface area contributed by atoms with Gasteiger partial charge in [0.05, 0.1) is 31.9 Å². The maximum Gasteiger partial charge on any atom is 0.239 e. The van der Waals surface area contributed by atoms with Gasteiger partial charge in [-0.3, -0.25) is 0 Å². The minimum absolute atomic E-state index is 0.0940. The van der Waals surface area contributed by atoms with Crippen molar-refractivity contribution in [3.05, 3.63) is 62.8 Å². The number of allylic oxidation sites excluding steroid dienone is 2. The Labute approximate surface area is 260 Å². The van der Waals surface area contributed by atoms with Crippen LogP contribution in [-0.4, -0.2) is 47.8 Å². The molecule has 0 fully saturated rings. The lowest BCUT2D eigenvalue weighted by Crippen LogP contribution is -2.50. The van der Waals surface area contributed by atoms with E-state index in [1.807, 2.05) is 45.0 Å². The summed E-state index contributed by atoms with van der Waals surface area (Å²) in [6, 6.07) is 9.46. The zero-order chi connectivity index (χ0) is 31.5. The van der Waals surface area contributed by atoms with Crippen molar-refractivity contribution in [3.63, 3.8) is 0 Å². The number of aromatic nitrogens is 1. The number of aryl methyl sites for hydroxylation is 1. The van der Waals surface area contributed by atoms with Gasteiger partial charge < -0.3 is 15.0 Å². The van der Waals surface area contributed by atoms with Gasteiger partial charge in [0.25, 0.3) is 0 Å². The van der Waals surface area contributed by atoms with Gasteiger partial charge >= 0.3 is 0 Å². The van der Waals surface area contributed by atoms with Crippen molar-refractivity contribution in [1.82, 2.24) is 9.29 Å². The molecule has 0 spiro atoms. The minimum Gasteiger partial charge on any atom is -0.435 e. The molecule has 0 saturated carbocycles. The Morgan fingerprint density at radius 2 is 1.91 bits per heavy atom. The number of nitrogens with two attached hydrogens (primary N) is 1. The number of alkyl halides is 1. The third kappa shape index (κ3) is 5.49. The molecule has 9 nitrogen and oxygen atoms in total. The van der Waals surface area contributed by atoms with Crippen molar-refractivity contribution < 1.29 is 22.1 Å². The summed E-state index contributed by atoms with van der Waals surface area (Å²) in [4.78, 5) is 16.0. The van der Waals surface area contributed by atoms with Crippen molar-refractivity contribution in [2.45, 2.75) is 65.6 Å². The van der Waals surface area contributed by atoms with Gasteiger partial charge in [0.15, 0.2) is 17.2 Å². The molecule has 5 rings (SSSR count). The number of rotatable bonds is 7. The van der Waals surface area contributed by atoms with E-state index >= 15 is 0 Å². The highest BCUT2D eigenvalue weighted by atomic mass is 35.5. The summed E-state index contributed by atoms with van der Waals surface area (Å²) < 4.78 is 47.6. The third-order valence-corrected chi connectivity index (χ3v) is 12.0. The first kappa shape index (κ1) is 31.2. The van der Waals surface area contributed by atoms with Crippen LogP contribution in [0.1, 0.15) is 64.1 Å². The molecular weight excluding hydrogens is 613 g/mol. The molecule has 2 aliphatic heterocycles. The normalized spacial score (nSPS) is 23.5. The Bertz CT molecular complexity index is 1780. The first-order chi connectivity index (χ1) is 20.1. The molecule has 4 heterocycles. The monoisotopic (exact) mass is 647 g/mol. The topological polar surface area (TPSA) is 123 Å². The van der Waals surface area contributed by atoms with Gasteiger partial charge in [-0.15, -0.1) is 11.3 Å². The van der Waals surface area contributed by atoms with Gasteiger partial charge in [0.2, 0.25) is 21.9 Å². The fourth-order valence-electron chi connectivity index (χ4n) is 5.24. The van der Waals surface area contributed by atoms with E-state index in [1.165, 1.54) is 25.3 Å². The zero-order valence-electron chi connectivity index (χ0n) is 25.2. The number of oxime groups is 1. The molecule has 3 unspecified atom stereocenters. The van der Waals surface area contributed by atoms with Crippen LogP contribution in [0.2, 0.25) is 5.02 Å². The number of oxazole rings is 1. The van der Waals surface area contributed by atoms with Crippen molar-refractivity contribution in [3.8, 4) is 22.1 Å². The predicted molar refractivity (Wildman–Crippen MR) is 169 cm³/mol. The quantitative estimate of drug-likeness (QED) is 0.298. The van der Waals surface area contributed by atoms with Crippen molar-refractivity contribution in [2.75, 3.05) is 12.8 Å². The predicted octanol–water partition coefficient (Wildman–Crippen LogP) is 6.87. The Morgan fingerprint density at radius 3 is 2.51 bits per heavy atom. The molecule has 0 bridgehead atoms. The van der Waals surface area contributed by atoms with Crippen LogP contribution in [-0.2, 0) is 26.8 Å². The van der Waals surface area contributed by atoms with E-state index in [4.69, 9.17) is 31.6 Å². The van der Waals surface area contributed by atoms with Gasteiger partial charge in [-0.2, -0.15) is 0 Å². The van der Waals surface area contributed by atoms with Crippen LogP contribution in [0.15, 0.2) is 56.2 Å². The summed E-state index contributed by atoms with van der Waals surface area (Å²) in [5, 5.41) is 4.66. The second-order valence-corrected chi connectivity index (χ2v) is 14.8. The van der Waals surface area contributed by atoms with Crippen LogP contribution < -0.4 is 5.73 Å². The summed E-state index contributed by atoms with van der Waals surface area (Å²) >= 11 is 7.91. The van der Waals surface area contributed by atoms with Gasteiger partial charge in [0, 0.05) is 18.5 Å². The van der Waals surface area contributed by atoms with Crippen LogP contribution >= 0.6 is 22.9 Å². The second-order valence-electron chi connectivity index (χ2n) is 11.3. The van der Waals surface area contributed by atoms with E-state index in [1.54, 1.807) is 19.9 Å². The SMILES string of the molecule is CCc1nc(-c2cc(Cl)c(C3(C)CS(=O)(=O)N(C)C(N)=N3)s2)oc1-c1ccc(C2=NOC(C(C)(F)CC)=C(C)C2C)cc1. The molecule has 0 aliphatic carbocycles. The third-order valence-electron chi connectivity index (χ3n) is 8.22. The first-order valence-electron chi connectivity index (χ1n) is 14.0. The molecule has 1 aromatic carbocycles. The smallest absolute Gasteiger partial charge is 0.239 e. The van der Waals surface area contributed by atoms with Gasteiger partial charge in [-0.25, -0.2) is 27.1 Å². The molecule has 0 radical (unpaired) electrons. The molecule has 0 saturated heterocycles. The number of sulfonamides is 1. The summed E-state index contributed by atoms with van der Waals surface area (Å²) in [7, 11) is -2.28. The van der Waals surface area contributed by atoms with Crippen LogP contribution in [0.25, 0.3) is 22.1 Å². The van der Waals surface area contributed by atoms with Crippen LogP contribution in [0, 0.1) is 5.92 Å². The number of benzene rings is 1. The number of thiophene rings is 1. The molecule has 2 aliphatic rings. The maximum absolute atomic E-state index is 15.0. The average Bonchev–Trinajstić information content (AvgIpc) is 3.57. The number of nitrogens with zero attached hydrogens (tertiary/aromatic N) is 4. The number of halogens is 2. The summed E-state index contributed by atoms with van der Waals surface area (Å²) in [5.41, 5.74) is 7.21. The Morgan fingerprint density at radius 1 is 1.26 bits per heavy atom. The fraction of sp³-hybridized carbons (Fsp3) is 0.433. The molecule has 2 aromatic heterocycles. The molecular formula is C30H35ClFN5O4S2. The first-order valence-corrected chi connectivity index (χ1v) is 16.8. The van der Waals surface area contributed by atoms with Gasteiger partial charge in [-0.1, -0.05) is 61.8 Å². The summed E-state index contributed by atoms with van der Waals surface area (Å²) in [5.74, 6) is 0.805. The van der Waals surface area contributed by atoms with Crippen LogP contribution in [0.3, 0.4) is 0 Å². The van der Waals surface area contributed by atoms with E-state index in [9.17, 15) is 12.8 Å². The Hall–Kier alpha value is -3.22. The fourth-order valence-corrected chi connectivity index (χ4v) is 8.33.